The number of hydrogen-bond donors (Lipinski definition) is 1. The Hall–Kier alpha value is -2.12. The molecule has 0 aliphatic rings. The van der Waals surface area contributed by atoms with Gasteiger partial charge in [0.1, 0.15) is 5.75 Å². The summed E-state index contributed by atoms with van der Waals surface area (Å²) >= 11 is 0. The van der Waals surface area contributed by atoms with E-state index in [1.807, 2.05) is 0 Å². The van der Waals surface area contributed by atoms with Crippen LogP contribution in [-0.2, 0) is 16.8 Å². The lowest BCUT2D eigenvalue weighted by Gasteiger charge is -2.27. The van der Waals surface area contributed by atoms with Gasteiger partial charge in [-0.05, 0) is 23.8 Å². The number of benzene rings is 1. The number of rotatable bonds is 4. The lowest BCUT2D eigenvalue weighted by atomic mass is 10.2. The highest BCUT2D eigenvalue weighted by Gasteiger charge is 2.16. The zero-order valence-corrected chi connectivity index (χ0v) is 10.6. The molecule has 19 heavy (non-hydrogen) atoms. The van der Waals surface area contributed by atoms with Crippen LogP contribution in [0.5, 0.6) is 5.75 Å². The summed E-state index contributed by atoms with van der Waals surface area (Å²) < 4.78 is 34.6. The number of pyridine rings is 1. The highest BCUT2D eigenvalue weighted by molar-refractivity contribution is 7.87. The Morgan fingerprint density at radius 3 is 2.53 bits per heavy atom. The molecule has 7 heteroatoms. The quantitative estimate of drug-likeness (QED) is 0.850. The lowest BCUT2D eigenvalue weighted by Crippen LogP contribution is -2.30. The molecule has 0 saturated heterocycles. The van der Waals surface area contributed by atoms with Gasteiger partial charge < -0.3 is 9.66 Å². The maximum Gasteiger partial charge on any atom is 0.184 e. The van der Waals surface area contributed by atoms with Crippen LogP contribution in [0, 0.1) is 0 Å². The molecule has 0 saturated carbocycles. The molecule has 1 N–H and O–H groups in total. The summed E-state index contributed by atoms with van der Waals surface area (Å²) in [4.78, 5) is 3.85. The van der Waals surface area contributed by atoms with Gasteiger partial charge in [0, 0.05) is 12.4 Å². The summed E-state index contributed by atoms with van der Waals surface area (Å²) in [7, 11) is -4.74. The SMILES string of the molecule is O=S(=O)([O-])N(Cc1cccnc1)c1ccccc1O. The van der Waals surface area contributed by atoms with Crippen molar-refractivity contribution in [3.8, 4) is 5.75 Å². The minimum Gasteiger partial charge on any atom is -0.731 e. The second-order valence-electron chi connectivity index (χ2n) is 3.81. The van der Waals surface area contributed by atoms with Gasteiger partial charge in [0.15, 0.2) is 10.3 Å². The van der Waals surface area contributed by atoms with Gasteiger partial charge in [0.2, 0.25) is 0 Å². The number of hydrogen-bond acceptors (Lipinski definition) is 5. The van der Waals surface area contributed by atoms with Crippen LogP contribution in [-0.4, -0.2) is 23.1 Å². The van der Waals surface area contributed by atoms with E-state index in [-0.39, 0.29) is 18.0 Å². The third-order valence-electron chi connectivity index (χ3n) is 2.47. The molecule has 6 nitrogen and oxygen atoms in total. The number of phenolic OH excluding ortho intramolecular Hbond substituents is 1. The second kappa shape index (κ2) is 5.25. The largest absolute Gasteiger partial charge is 0.731 e. The Morgan fingerprint density at radius 2 is 1.95 bits per heavy atom. The fourth-order valence-electron chi connectivity index (χ4n) is 1.62. The molecule has 0 bridgehead atoms. The number of anilines is 1. The predicted molar refractivity (Wildman–Crippen MR) is 68.2 cm³/mol. The molecular weight excluding hydrogens is 268 g/mol. The summed E-state index contributed by atoms with van der Waals surface area (Å²) in [5.74, 6) is -0.272. The van der Waals surface area contributed by atoms with Gasteiger partial charge in [-0.1, -0.05) is 18.2 Å². The first-order chi connectivity index (χ1) is 8.98. The average Bonchev–Trinajstić information content (AvgIpc) is 2.37. The van der Waals surface area contributed by atoms with Gasteiger partial charge in [-0.2, -0.15) is 0 Å². The summed E-state index contributed by atoms with van der Waals surface area (Å²) in [6.07, 6.45) is 3.00. The molecule has 2 aromatic rings. The minimum absolute atomic E-state index is 0.0543. The Kier molecular flexibility index (Phi) is 3.68. The molecule has 0 atom stereocenters. The lowest BCUT2D eigenvalue weighted by molar-refractivity contribution is 0.451. The maximum atomic E-state index is 11.3. The molecule has 0 fully saturated rings. The molecule has 0 spiro atoms. The van der Waals surface area contributed by atoms with Gasteiger partial charge >= 0.3 is 0 Å². The van der Waals surface area contributed by atoms with Crippen LogP contribution >= 0.6 is 0 Å². The van der Waals surface area contributed by atoms with Crippen molar-refractivity contribution in [1.29, 1.82) is 0 Å². The van der Waals surface area contributed by atoms with Crippen molar-refractivity contribution in [2.24, 2.45) is 0 Å². The van der Waals surface area contributed by atoms with E-state index in [1.165, 1.54) is 24.4 Å². The van der Waals surface area contributed by atoms with E-state index < -0.39 is 10.3 Å². The van der Waals surface area contributed by atoms with E-state index in [1.54, 1.807) is 24.4 Å². The topological polar surface area (TPSA) is 93.6 Å². The Labute approximate surface area is 110 Å². The van der Waals surface area contributed by atoms with Crippen LogP contribution in [0.25, 0.3) is 0 Å². The summed E-state index contributed by atoms with van der Waals surface area (Å²) in [5.41, 5.74) is 0.492. The number of aromatic nitrogens is 1. The molecule has 1 aromatic heterocycles. The van der Waals surface area contributed by atoms with Crippen LogP contribution in [0.15, 0.2) is 48.8 Å². The van der Waals surface area contributed by atoms with Crippen molar-refractivity contribution in [1.82, 2.24) is 4.98 Å². The number of para-hydroxylation sites is 2. The number of nitrogens with zero attached hydrogens (tertiary/aromatic N) is 2. The van der Waals surface area contributed by atoms with E-state index in [2.05, 4.69) is 4.98 Å². The van der Waals surface area contributed by atoms with Gasteiger partial charge in [0.25, 0.3) is 0 Å². The van der Waals surface area contributed by atoms with Crippen LogP contribution < -0.4 is 4.31 Å². The van der Waals surface area contributed by atoms with Crippen molar-refractivity contribution >= 4 is 16.0 Å². The Balaban J connectivity index is 2.41. The van der Waals surface area contributed by atoms with E-state index in [4.69, 9.17) is 0 Å². The van der Waals surface area contributed by atoms with Crippen molar-refractivity contribution < 1.29 is 18.1 Å². The zero-order valence-electron chi connectivity index (χ0n) is 9.80. The molecule has 1 heterocycles. The maximum absolute atomic E-state index is 11.3. The molecule has 0 aliphatic carbocycles. The molecule has 0 unspecified atom stereocenters. The monoisotopic (exact) mass is 279 g/mol. The van der Waals surface area contributed by atoms with E-state index >= 15 is 0 Å². The predicted octanol–water partition coefficient (Wildman–Crippen LogP) is 1.25. The second-order valence-corrected chi connectivity index (χ2v) is 5.11. The average molecular weight is 279 g/mol. The van der Waals surface area contributed by atoms with Crippen molar-refractivity contribution in [2.45, 2.75) is 6.54 Å². The highest BCUT2D eigenvalue weighted by Crippen LogP contribution is 2.29. The van der Waals surface area contributed by atoms with Crippen molar-refractivity contribution in [2.75, 3.05) is 4.31 Å². The smallest absolute Gasteiger partial charge is 0.184 e. The first-order valence-corrected chi connectivity index (χ1v) is 6.75. The fourth-order valence-corrected chi connectivity index (χ4v) is 2.32. The van der Waals surface area contributed by atoms with E-state index in [9.17, 15) is 18.1 Å². The van der Waals surface area contributed by atoms with E-state index in [0.717, 1.165) is 0 Å². The summed E-state index contributed by atoms with van der Waals surface area (Å²) in [6, 6.07) is 9.04. The fraction of sp³-hybridized carbons (Fsp3) is 0.0833. The van der Waals surface area contributed by atoms with Gasteiger partial charge in [-0.3, -0.25) is 9.29 Å². The molecule has 100 valence electrons. The minimum atomic E-state index is -4.74. The molecule has 0 radical (unpaired) electrons. The standard InChI is InChI=1S/C12H12N2O4S/c15-12-6-2-1-5-11(12)14(19(16,17)18)9-10-4-3-7-13-8-10/h1-8,15H,9H2,(H,16,17,18)/p-1. The van der Waals surface area contributed by atoms with Crippen molar-refractivity contribution in [3.05, 3.63) is 54.4 Å². The van der Waals surface area contributed by atoms with E-state index in [0.29, 0.717) is 9.87 Å². The first-order valence-electron chi connectivity index (χ1n) is 5.39. The van der Waals surface area contributed by atoms with Crippen LogP contribution in [0.1, 0.15) is 5.56 Å². The first kappa shape index (κ1) is 13.3. The third kappa shape index (κ3) is 3.21. The molecule has 0 aliphatic heterocycles. The molecule has 2 rings (SSSR count). The molecule has 1 aromatic carbocycles. The third-order valence-corrected chi connectivity index (χ3v) is 3.33. The molecular formula is C12H11N2O4S-. The summed E-state index contributed by atoms with van der Waals surface area (Å²) in [6.45, 7) is -0.183. The van der Waals surface area contributed by atoms with Gasteiger partial charge in [-0.15, -0.1) is 0 Å². The Morgan fingerprint density at radius 1 is 1.21 bits per heavy atom. The van der Waals surface area contributed by atoms with Crippen LogP contribution in [0.4, 0.5) is 5.69 Å². The molecule has 0 amide bonds. The summed E-state index contributed by atoms with van der Waals surface area (Å²) in [5, 5.41) is 9.66. The van der Waals surface area contributed by atoms with Crippen LogP contribution in [0.3, 0.4) is 0 Å². The van der Waals surface area contributed by atoms with Crippen LogP contribution in [0.2, 0.25) is 0 Å². The normalized spacial score (nSPS) is 11.2. The number of phenols is 1. The van der Waals surface area contributed by atoms with Gasteiger partial charge in [0.05, 0.1) is 12.2 Å². The Bertz CT molecular complexity index is 658. The highest BCUT2D eigenvalue weighted by atomic mass is 32.2. The number of aromatic hydroxyl groups is 1. The van der Waals surface area contributed by atoms with Gasteiger partial charge in [-0.25, -0.2) is 8.42 Å². The van der Waals surface area contributed by atoms with Crippen molar-refractivity contribution in [3.63, 3.8) is 0 Å². The zero-order chi connectivity index (χ0) is 13.9.